The second-order valence-corrected chi connectivity index (χ2v) is 6.62. The molecule has 2 rings (SSSR count). The fourth-order valence-corrected chi connectivity index (χ4v) is 2.90. The number of anilines is 1. The van der Waals surface area contributed by atoms with Crippen LogP contribution in [0.25, 0.3) is 0 Å². The molecule has 0 aliphatic heterocycles. The first kappa shape index (κ1) is 17.3. The van der Waals surface area contributed by atoms with Crippen molar-refractivity contribution < 1.29 is 18.0 Å². The van der Waals surface area contributed by atoms with Gasteiger partial charge in [0.2, 0.25) is 0 Å². The molecule has 23 heavy (non-hydrogen) atoms. The zero-order chi connectivity index (χ0) is 16.9. The first-order valence-corrected chi connectivity index (χ1v) is 8.59. The fourth-order valence-electron chi connectivity index (χ4n) is 1.71. The predicted octanol–water partition coefficient (Wildman–Crippen LogP) is 2.82. The number of sulfonamides is 1. The zero-order valence-corrected chi connectivity index (χ0v) is 13.8. The van der Waals surface area contributed by atoms with Crippen LogP contribution in [0.2, 0.25) is 5.02 Å². The summed E-state index contributed by atoms with van der Waals surface area (Å²) in [5, 5.41) is 0.512. The maximum absolute atomic E-state index is 12.3. The summed E-state index contributed by atoms with van der Waals surface area (Å²) in [6.07, 6.45) is 0. The molecule has 8 heteroatoms. The van der Waals surface area contributed by atoms with Crippen LogP contribution >= 0.6 is 11.6 Å². The summed E-state index contributed by atoms with van der Waals surface area (Å²) in [4.78, 5) is 16.5. The lowest BCUT2D eigenvalue weighted by molar-refractivity contribution is 0.0364. The summed E-state index contributed by atoms with van der Waals surface area (Å²) < 4.78 is 27.0. The van der Waals surface area contributed by atoms with E-state index in [1.54, 1.807) is 31.2 Å². The highest BCUT2D eigenvalue weighted by Crippen LogP contribution is 2.18. The van der Waals surface area contributed by atoms with E-state index >= 15 is 0 Å². The lowest BCUT2D eigenvalue weighted by Gasteiger charge is -2.09. The van der Waals surface area contributed by atoms with Gasteiger partial charge in [-0.15, -0.1) is 0 Å². The maximum atomic E-state index is 12.3. The smallest absolute Gasteiger partial charge is 0.274 e. The molecule has 1 amide bonds. The van der Waals surface area contributed by atoms with Crippen molar-refractivity contribution in [3.63, 3.8) is 0 Å². The molecule has 6 nitrogen and oxygen atoms in total. The summed E-state index contributed by atoms with van der Waals surface area (Å²) in [7, 11) is -3.74. The van der Waals surface area contributed by atoms with Crippen molar-refractivity contribution in [2.45, 2.75) is 11.8 Å². The summed E-state index contributed by atoms with van der Waals surface area (Å²) in [6.45, 7) is 2.07. The highest BCUT2D eigenvalue weighted by Gasteiger charge is 2.15. The van der Waals surface area contributed by atoms with E-state index in [1.807, 2.05) is 0 Å². The van der Waals surface area contributed by atoms with E-state index in [9.17, 15) is 13.2 Å². The molecule has 0 fully saturated rings. The van der Waals surface area contributed by atoms with Gasteiger partial charge >= 0.3 is 0 Å². The van der Waals surface area contributed by atoms with Gasteiger partial charge in [0.1, 0.15) is 0 Å². The Morgan fingerprint density at radius 2 is 1.70 bits per heavy atom. The molecular formula is C15H15ClN2O4S. The van der Waals surface area contributed by atoms with Crippen LogP contribution < -0.4 is 10.2 Å². The molecule has 0 unspecified atom stereocenters. The second kappa shape index (κ2) is 7.45. The van der Waals surface area contributed by atoms with Crippen LogP contribution in [0.15, 0.2) is 53.4 Å². The van der Waals surface area contributed by atoms with Gasteiger partial charge in [-0.2, -0.15) is 0 Å². The predicted molar refractivity (Wildman–Crippen MR) is 87.8 cm³/mol. The molecule has 0 atom stereocenters. The highest BCUT2D eigenvalue weighted by atomic mass is 35.5. The van der Waals surface area contributed by atoms with Crippen LogP contribution in [0.4, 0.5) is 5.69 Å². The molecule has 2 aromatic carbocycles. The molecule has 0 aliphatic carbocycles. The maximum Gasteiger partial charge on any atom is 0.274 e. The second-order valence-electron chi connectivity index (χ2n) is 4.50. The zero-order valence-electron chi connectivity index (χ0n) is 12.2. The number of hydrogen-bond donors (Lipinski definition) is 2. The average molecular weight is 355 g/mol. The minimum absolute atomic E-state index is 0.0420. The van der Waals surface area contributed by atoms with Crippen molar-refractivity contribution in [1.82, 2.24) is 5.48 Å². The molecule has 0 radical (unpaired) electrons. The van der Waals surface area contributed by atoms with E-state index in [0.29, 0.717) is 22.9 Å². The monoisotopic (exact) mass is 354 g/mol. The Balaban J connectivity index is 2.14. The minimum Gasteiger partial charge on any atom is -0.280 e. The van der Waals surface area contributed by atoms with Crippen molar-refractivity contribution in [3.05, 3.63) is 59.1 Å². The van der Waals surface area contributed by atoms with Crippen LogP contribution in [0.3, 0.4) is 0 Å². The third-order valence-corrected chi connectivity index (χ3v) is 4.48. The van der Waals surface area contributed by atoms with Gasteiger partial charge in [0.05, 0.1) is 11.5 Å². The fraction of sp³-hybridized carbons (Fsp3) is 0.133. The standard InChI is InChI=1S/C15H15ClN2O4S/c1-2-22-17-15(19)11-3-9-14(10-4-11)23(20,21)18-13-7-5-12(16)6-8-13/h3-10,18H,2H2,1H3,(H,17,19). The number of halogens is 1. The van der Waals surface area contributed by atoms with Crippen molar-refractivity contribution >= 4 is 33.2 Å². The molecule has 0 saturated heterocycles. The van der Waals surface area contributed by atoms with Crippen LogP contribution in [0, 0.1) is 0 Å². The number of hydrogen-bond acceptors (Lipinski definition) is 4. The number of carbonyl (C=O) groups is 1. The van der Waals surface area contributed by atoms with Crippen molar-refractivity contribution in [2.75, 3.05) is 11.3 Å². The Morgan fingerprint density at radius 3 is 2.26 bits per heavy atom. The summed E-state index contributed by atoms with van der Waals surface area (Å²) in [5.41, 5.74) is 2.93. The van der Waals surface area contributed by atoms with E-state index in [4.69, 9.17) is 16.4 Å². The minimum atomic E-state index is -3.74. The molecule has 0 aliphatic rings. The molecule has 0 spiro atoms. The number of nitrogens with one attached hydrogen (secondary N) is 2. The number of hydroxylamine groups is 1. The van der Waals surface area contributed by atoms with E-state index in [2.05, 4.69) is 10.2 Å². The topological polar surface area (TPSA) is 84.5 Å². The Labute approximate surface area is 139 Å². The molecule has 0 saturated carbocycles. The normalized spacial score (nSPS) is 11.0. The van der Waals surface area contributed by atoms with Gasteiger partial charge in [-0.05, 0) is 55.5 Å². The van der Waals surface area contributed by atoms with Crippen molar-refractivity contribution in [3.8, 4) is 0 Å². The quantitative estimate of drug-likeness (QED) is 0.781. The molecule has 2 aromatic rings. The number of benzene rings is 2. The van der Waals surface area contributed by atoms with Crippen molar-refractivity contribution in [1.29, 1.82) is 0 Å². The summed E-state index contributed by atoms with van der Waals surface area (Å²) >= 11 is 5.76. The lowest BCUT2D eigenvalue weighted by atomic mass is 10.2. The number of rotatable bonds is 6. The van der Waals surface area contributed by atoms with Crippen LogP contribution in [0.1, 0.15) is 17.3 Å². The van der Waals surface area contributed by atoms with Crippen molar-refractivity contribution in [2.24, 2.45) is 0 Å². The molecule has 0 bridgehead atoms. The average Bonchev–Trinajstić information content (AvgIpc) is 2.54. The summed E-state index contributed by atoms with van der Waals surface area (Å²) in [6, 6.07) is 11.8. The first-order chi connectivity index (χ1) is 10.9. The largest absolute Gasteiger partial charge is 0.280 e. The Morgan fingerprint density at radius 1 is 1.09 bits per heavy atom. The third kappa shape index (κ3) is 4.69. The van der Waals surface area contributed by atoms with Crippen LogP contribution in [0.5, 0.6) is 0 Å². The van der Waals surface area contributed by atoms with Gasteiger partial charge in [0.25, 0.3) is 15.9 Å². The van der Waals surface area contributed by atoms with Gasteiger partial charge in [0, 0.05) is 16.3 Å². The molecular weight excluding hydrogens is 340 g/mol. The SMILES string of the molecule is CCONC(=O)c1ccc(S(=O)(=O)Nc2ccc(Cl)cc2)cc1. The van der Waals surface area contributed by atoms with Crippen LogP contribution in [-0.2, 0) is 14.9 Å². The van der Waals surface area contributed by atoms with E-state index in [-0.39, 0.29) is 4.90 Å². The Kier molecular flexibility index (Phi) is 5.59. The Bertz CT molecular complexity index is 774. The van der Waals surface area contributed by atoms with Gasteiger partial charge in [-0.25, -0.2) is 13.9 Å². The molecule has 2 N–H and O–H groups in total. The van der Waals surface area contributed by atoms with Crippen LogP contribution in [-0.4, -0.2) is 20.9 Å². The number of carbonyl (C=O) groups excluding carboxylic acids is 1. The van der Waals surface area contributed by atoms with Gasteiger partial charge in [0.15, 0.2) is 0 Å². The highest BCUT2D eigenvalue weighted by molar-refractivity contribution is 7.92. The summed E-state index contributed by atoms with van der Waals surface area (Å²) in [5.74, 6) is -0.443. The molecule has 0 heterocycles. The third-order valence-electron chi connectivity index (χ3n) is 2.83. The lowest BCUT2D eigenvalue weighted by Crippen LogP contribution is -2.23. The first-order valence-electron chi connectivity index (χ1n) is 6.73. The van der Waals surface area contributed by atoms with E-state index < -0.39 is 15.9 Å². The van der Waals surface area contributed by atoms with Gasteiger partial charge < -0.3 is 0 Å². The Hall–Kier alpha value is -2.09. The molecule has 122 valence electrons. The van der Waals surface area contributed by atoms with E-state index in [0.717, 1.165) is 0 Å². The van der Waals surface area contributed by atoms with E-state index in [1.165, 1.54) is 24.3 Å². The van der Waals surface area contributed by atoms with Gasteiger partial charge in [-0.3, -0.25) is 14.4 Å². The molecule has 0 aromatic heterocycles. The van der Waals surface area contributed by atoms with Gasteiger partial charge in [-0.1, -0.05) is 11.6 Å². The number of amides is 1.